The van der Waals surface area contributed by atoms with E-state index in [-0.39, 0.29) is 0 Å². The predicted molar refractivity (Wildman–Crippen MR) is 100 cm³/mol. The second-order valence-electron chi connectivity index (χ2n) is 6.35. The fourth-order valence-corrected chi connectivity index (χ4v) is 2.61. The summed E-state index contributed by atoms with van der Waals surface area (Å²) in [7, 11) is 0. The Kier molecular flexibility index (Phi) is 18.2. The molecule has 0 spiro atoms. The fraction of sp³-hybridized carbons (Fsp3) is 0.842. The Balaban J connectivity index is 3.06. The van der Waals surface area contributed by atoms with E-state index in [9.17, 15) is 4.79 Å². The number of primary amides is 1. The number of allylic oxidation sites excluding steroid dienone is 2. The van der Waals surface area contributed by atoms with Gasteiger partial charge >= 0.3 is 6.03 Å². The maximum absolute atomic E-state index is 10.4. The second kappa shape index (κ2) is 19.0. The number of carbonyl (C=O) groups excluding carboxylic acids is 1. The van der Waals surface area contributed by atoms with Crippen molar-refractivity contribution in [3.63, 3.8) is 0 Å². The summed E-state index contributed by atoms with van der Waals surface area (Å²) < 4.78 is 0. The van der Waals surface area contributed by atoms with E-state index >= 15 is 0 Å². The number of amides is 2. The smallest absolute Gasteiger partial charge is 0.326 e. The number of nitrogens with one attached hydrogen (secondary N) is 2. The zero-order chi connectivity index (χ0) is 17.0. The zero-order valence-corrected chi connectivity index (χ0v) is 15.2. The number of carbonyl (C=O) groups is 1. The van der Waals surface area contributed by atoms with Crippen molar-refractivity contribution in [2.24, 2.45) is 5.73 Å². The van der Waals surface area contributed by atoms with Crippen LogP contribution >= 0.6 is 0 Å². The third-order valence-electron chi connectivity index (χ3n) is 4.03. The summed E-state index contributed by atoms with van der Waals surface area (Å²) >= 11 is 0. The summed E-state index contributed by atoms with van der Waals surface area (Å²) in [4.78, 5) is 10.4. The predicted octanol–water partition coefficient (Wildman–Crippen LogP) is 5.20. The van der Waals surface area contributed by atoms with Crippen LogP contribution in [0.3, 0.4) is 0 Å². The van der Waals surface area contributed by atoms with Gasteiger partial charge in [0.05, 0.1) is 0 Å². The van der Waals surface area contributed by atoms with Crippen LogP contribution in [0.25, 0.3) is 0 Å². The first-order chi connectivity index (χ1) is 11.3. The number of nitrogens with two attached hydrogens (primary N) is 1. The Morgan fingerprint density at radius 2 is 1.26 bits per heavy atom. The van der Waals surface area contributed by atoms with Crippen LogP contribution in [-0.4, -0.2) is 12.6 Å². The van der Waals surface area contributed by atoms with Crippen LogP contribution in [-0.2, 0) is 0 Å². The standard InChI is InChI=1S/C19H39N3O/c1-2-3-4-5-6-7-8-9-10-11-12-13-14-15-16-17-18-21-22-19(20)23/h9-10,21H,2-8,11-18H2,1H3,(H3,20,22,23)/b10-9-. The number of unbranched alkanes of at least 4 members (excludes halogenated alkanes) is 12. The number of hydrogen-bond donors (Lipinski definition) is 3. The van der Waals surface area contributed by atoms with E-state index in [0.717, 1.165) is 13.0 Å². The van der Waals surface area contributed by atoms with E-state index in [2.05, 4.69) is 29.9 Å². The minimum atomic E-state index is -0.519. The van der Waals surface area contributed by atoms with Crippen molar-refractivity contribution >= 4 is 6.03 Å². The molecule has 0 aliphatic rings. The molecule has 0 aromatic heterocycles. The maximum Gasteiger partial charge on any atom is 0.326 e. The molecule has 0 rings (SSSR count). The highest BCUT2D eigenvalue weighted by Crippen LogP contribution is 2.09. The minimum absolute atomic E-state index is 0.519. The number of urea groups is 1. The molecule has 0 aliphatic carbocycles. The highest BCUT2D eigenvalue weighted by molar-refractivity contribution is 5.70. The number of hydrazine groups is 1. The molecule has 0 aliphatic heterocycles. The van der Waals surface area contributed by atoms with Crippen molar-refractivity contribution in [3.8, 4) is 0 Å². The van der Waals surface area contributed by atoms with Crippen molar-refractivity contribution in [2.45, 2.75) is 96.8 Å². The molecule has 4 nitrogen and oxygen atoms in total. The fourth-order valence-electron chi connectivity index (χ4n) is 2.61. The average molecular weight is 326 g/mol. The van der Waals surface area contributed by atoms with Crippen LogP contribution < -0.4 is 16.6 Å². The topological polar surface area (TPSA) is 67.2 Å². The van der Waals surface area contributed by atoms with Crippen LogP contribution in [0.1, 0.15) is 96.8 Å². The summed E-state index contributed by atoms with van der Waals surface area (Å²) in [6.07, 6.45) is 23.1. The maximum atomic E-state index is 10.4. The quantitative estimate of drug-likeness (QED) is 0.195. The molecule has 4 heteroatoms. The van der Waals surface area contributed by atoms with Crippen LogP contribution in [0.5, 0.6) is 0 Å². The first kappa shape index (κ1) is 22.0. The largest absolute Gasteiger partial charge is 0.351 e. The Labute approximate surface area is 143 Å². The zero-order valence-electron chi connectivity index (χ0n) is 15.2. The molecule has 0 bridgehead atoms. The lowest BCUT2D eigenvalue weighted by Gasteiger charge is -2.04. The van der Waals surface area contributed by atoms with Crippen molar-refractivity contribution in [1.29, 1.82) is 0 Å². The molecule has 0 unspecified atom stereocenters. The van der Waals surface area contributed by atoms with Gasteiger partial charge in [-0.15, -0.1) is 0 Å². The van der Waals surface area contributed by atoms with Gasteiger partial charge in [-0.3, -0.25) is 5.43 Å². The molecule has 0 aromatic rings. The molecular weight excluding hydrogens is 286 g/mol. The first-order valence-corrected chi connectivity index (χ1v) is 9.70. The van der Waals surface area contributed by atoms with Gasteiger partial charge in [0.1, 0.15) is 0 Å². The van der Waals surface area contributed by atoms with Crippen molar-refractivity contribution in [2.75, 3.05) is 6.54 Å². The van der Waals surface area contributed by atoms with Crippen LogP contribution in [0, 0.1) is 0 Å². The summed E-state index contributed by atoms with van der Waals surface area (Å²) in [5.41, 5.74) is 10.1. The van der Waals surface area contributed by atoms with Gasteiger partial charge in [-0.05, 0) is 32.1 Å². The van der Waals surface area contributed by atoms with E-state index in [1.165, 1.54) is 83.5 Å². The van der Waals surface area contributed by atoms with Gasteiger partial charge in [-0.2, -0.15) is 0 Å². The Bertz CT molecular complexity index is 280. The Morgan fingerprint density at radius 3 is 1.78 bits per heavy atom. The molecule has 0 radical (unpaired) electrons. The Hall–Kier alpha value is -1.03. The highest BCUT2D eigenvalue weighted by atomic mass is 16.2. The minimum Gasteiger partial charge on any atom is -0.351 e. The van der Waals surface area contributed by atoms with Gasteiger partial charge in [0.15, 0.2) is 0 Å². The van der Waals surface area contributed by atoms with E-state index < -0.39 is 6.03 Å². The molecule has 2 amide bonds. The molecular formula is C19H39N3O. The van der Waals surface area contributed by atoms with Crippen molar-refractivity contribution in [3.05, 3.63) is 12.2 Å². The molecule has 0 fully saturated rings. The Morgan fingerprint density at radius 1 is 0.783 bits per heavy atom. The van der Waals surface area contributed by atoms with E-state index in [4.69, 9.17) is 5.73 Å². The number of hydrogen-bond acceptors (Lipinski definition) is 2. The van der Waals surface area contributed by atoms with Crippen molar-refractivity contribution in [1.82, 2.24) is 10.9 Å². The van der Waals surface area contributed by atoms with E-state index in [1.54, 1.807) is 0 Å². The van der Waals surface area contributed by atoms with Gasteiger partial charge in [-0.25, -0.2) is 10.2 Å². The molecule has 0 atom stereocenters. The molecule has 0 saturated heterocycles. The van der Waals surface area contributed by atoms with Crippen molar-refractivity contribution < 1.29 is 4.79 Å². The van der Waals surface area contributed by atoms with Crippen LogP contribution in [0.4, 0.5) is 4.79 Å². The molecule has 0 aromatic carbocycles. The third kappa shape index (κ3) is 21.0. The lowest BCUT2D eigenvalue weighted by Crippen LogP contribution is -2.41. The lowest BCUT2D eigenvalue weighted by atomic mass is 10.1. The van der Waals surface area contributed by atoms with Gasteiger partial charge in [0, 0.05) is 6.54 Å². The second-order valence-corrected chi connectivity index (χ2v) is 6.35. The molecule has 23 heavy (non-hydrogen) atoms. The summed E-state index contributed by atoms with van der Waals surface area (Å²) in [5.74, 6) is 0. The van der Waals surface area contributed by atoms with E-state index in [0.29, 0.717) is 0 Å². The van der Waals surface area contributed by atoms with Gasteiger partial charge in [0.2, 0.25) is 0 Å². The lowest BCUT2D eigenvalue weighted by molar-refractivity contribution is 0.244. The van der Waals surface area contributed by atoms with Crippen LogP contribution in [0.15, 0.2) is 12.2 Å². The average Bonchev–Trinajstić information content (AvgIpc) is 2.53. The summed E-state index contributed by atoms with van der Waals surface area (Å²) in [6, 6.07) is -0.519. The van der Waals surface area contributed by atoms with E-state index in [1.807, 2.05) is 0 Å². The first-order valence-electron chi connectivity index (χ1n) is 9.70. The number of rotatable bonds is 17. The highest BCUT2D eigenvalue weighted by Gasteiger charge is 1.92. The molecule has 0 heterocycles. The molecule has 4 N–H and O–H groups in total. The summed E-state index contributed by atoms with van der Waals surface area (Å²) in [6.45, 7) is 3.06. The molecule has 0 saturated carbocycles. The molecule has 136 valence electrons. The third-order valence-corrected chi connectivity index (χ3v) is 4.03. The van der Waals surface area contributed by atoms with Gasteiger partial charge in [0.25, 0.3) is 0 Å². The SMILES string of the molecule is CCCCCCCC/C=C\CCCCCCCCNNC(N)=O. The summed E-state index contributed by atoms with van der Waals surface area (Å²) in [5, 5.41) is 0. The normalized spacial score (nSPS) is 11.2. The van der Waals surface area contributed by atoms with Gasteiger partial charge < -0.3 is 5.73 Å². The van der Waals surface area contributed by atoms with Gasteiger partial charge in [-0.1, -0.05) is 76.9 Å². The monoisotopic (exact) mass is 325 g/mol. The van der Waals surface area contributed by atoms with Crippen LogP contribution in [0.2, 0.25) is 0 Å².